The van der Waals surface area contributed by atoms with Crippen LogP contribution in [0.3, 0.4) is 0 Å². The number of aromatic nitrogens is 1. The van der Waals surface area contributed by atoms with E-state index in [1.54, 1.807) is 43.0 Å². The third-order valence-electron chi connectivity index (χ3n) is 10.2. The summed E-state index contributed by atoms with van der Waals surface area (Å²) in [6.45, 7) is 8.59. The first-order valence-corrected chi connectivity index (χ1v) is 17.6. The molecule has 7 unspecified atom stereocenters. The number of hydrogen-bond donors (Lipinski definition) is 2. The summed E-state index contributed by atoms with van der Waals surface area (Å²) >= 11 is 2.94. The van der Waals surface area contributed by atoms with Crippen molar-refractivity contribution >= 4 is 52.5 Å². The van der Waals surface area contributed by atoms with Gasteiger partial charge in [-0.05, 0) is 71.9 Å². The normalized spacial score (nSPS) is 27.7. The van der Waals surface area contributed by atoms with Crippen molar-refractivity contribution in [3.05, 3.63) is 79.8 Å². The number of thiazole rings is 1. The van der Waals surface area contributed by atoms with Gasteiger partial charge in [-0.25, -0.2) is 4.79 Å². The zero-order valence-electron chi connectivity index (χ0n) is 26.2. The van der Waals surface area contributed by atoms with Gasteiger partial charge >= 0.3 is 10.8 Å². The Morgan fingerprint density at radius 2 is 1.65 bits per heavy atom. The summed E-state index contributed by atoms with van der Waals surface area (Å²) in [6.07, 6.45) is 0.801. The van der Waals surface area contributed by atoms with E-state index in [1.807, 2.05) is 0 Å². The predicted octanol–water partition coefficient (Wildman–Crippen LogP) is 5.41. The van der Waals surface area contributed by atoms with Gasteiger partial charge in [0.25, 0.3) is 0 Å². The van der Waals surface area contributed by atoms with Gasteiger partial charge in [-0.15, -0.1) is 11.8 Å². The number of carbonyl (C=O) groups excluding carboxylic acids is 4. The van der Waals surface area contributed by atoms with E-state index >= 15 is 0 Å². The number of ether oxygens (including phenoxy) is 1. The zero-order chi connectivity index (χ0) is 32.5. The van der Waals surface area contributed by atoms with Gasteiger partial charge in [0.2, 0.25) is 17.7 Å². The number of carbonyl (C=O) groups is 4. The largest absolute Gasteiger partial charge is 0.462 e. The Balaban J connectivity index is 1.08. The number of fused-ring (bicyclic) bond motifs is 9. The van der Waals surface area contributed by atoms with Crippen LogP contribution >= 0.6 is 23.1 Å². The molecule has 240 valence electrons. The number of H-pyrrole nitrogens is 1. The minimum atomic E-state index is -0.433. The first-order valence-electron chi connectivity index (χ1n) is 15.9. The number of imide groups is 1. The Bertz CT molecular complexity index is 1770. The number of likely N-dealkylation sites (tertiary alicyclic amines) is 1. The maximum absolute atomic E-state index is 13.9. The van der Waals surface area contributed by atoms with Gasteiger partial charge in [-0.3, -0.25) is 24.1 Å². The number of aromatic amines is 1. The monoisotopic (exact) mass is 659 g/mol. The van der Waals surface area contributed by atoms with Crippen LogP contribution in [0, 0.1) is 29.6 Å². The lowest BCUT2D eigenvalue weighted by molar-refractivity contribution is -0.141. The minimum Gasteiger partial charge on any atom is -0.462 e. The smallest absolute Gasteiger partial charge is 0.338 e. The summed E-state index contributed by atoms with van der Waals surface area (Å²) in [4.78, 5) is 70.3. The summed E-state index contributed by atoms with van der Waals surface area (Å²) in [7, 11) is 0. The lowest BCUT2D eigenvalue weighted by Crippen LogP contribution is -2.42. The van der Waals surface area contributed by atoms with E-state index in [9.17, 15) is 24.0 Å². The highest BCUT2D eigenvalue weighted by Crippen LogP contribution is 2.68. The van der Waals surface area contributed by atoms with Crippen LogP contribution in [-0.2, 0) is 24.5 Å². The molecule has 2 aromatic carbocycles. The quantitative estimate of drug-likeness (QED) is 0.257. The molecule has 1 saturated heterocycles. The van der Waals surface area contributed by atoms with Crippen LogP contribution in [0.2, 0.25) is 0 Å². The molecule has 2 aliphatic carbocycles. The van der Waals surface area contributed by atoms with Gasteiger partial charge in [-0.1, -0.05) is 56.4 Å². The molecule has 46 heavy (non-hydrogen) atoms. The van der Waals surface area contributed by atoms with Crippen LogP contribution < -0.4 is 10.2 Å². The van der Waals surface area contributed by atoms with E-state index in [0.29, 0.717) is 11.3 Å². The summed E-state index contributed by atoms with van der Waals surface area (Å²) in [5.74, 6) is -1.72. The van der Waals surface area contributed by atoms with Crippen LogP contribution in [-0.4, -0.2) is 52.0 Å². The first kappa shape index (κ1) is 30.9. The van der Waals surface area contributed by atoms with E-state index in [1.165, 1.54) is 21.8 Å². The molecule has 2 aliphatic heterocycles. The Hall–Kier alpha value is -3.70. The molecule has 2 saturated carbocycles. The molecule has 0 spiro atoms. The molecule has 3 fully saturated rings. The Labute approximate surface area is 275 Å². The topological polar surface area (TPSA) is 126 Å². The van der Waals surface area contributed by atoms with Crippen LogP contribution in [0.25, 0.3) is 0 Å². The molecule has 1 aromatic heterocycles. The fourth-order valence-corrected chi connectivity index (χ4v) is 11.1. The Morgan fingerprint density at radius 1 is 0.978 bits per heavy atom. The number of anilines is 1. The van der Waals surface area contributed by atoms with Crippen molar-refractivity contribution in [1.29, 1.82) is 0 Å². The molecule has 2 bridgehead atoms. The van der Waals surface area contributed by atoms with Gasteiger partial charge in [0.05, 0.1) is 29.0 Å². The van der Waals surface area contributed by atoms with E-state index < -0.39 is 11.9 Å². The number of amides is 3. The minimum absolute atomic E-state index is 0.0128. The van der Waals surface area contributed by atoms with E-state index in [4.69, 9.17) is 4.74 Å². The molecule has 9 nitrogen and oxygen atoms in total. The van der Waals surface area contributed by atoms with Crippen molar-refractivity contribution in [2.75, 3.05) is 18.5 Å². The highest BCUT2D eigenvalue weighted by atomic mass is 32.2. The van der Waals surface area contributed by atoms with Crippen molar-refractivity contribution in [2.45, 2.75) is 62.1 Å². The number of nitrogens with one attached hydrogen (secondary N) is 2. The highest BCUT2D eigenvalue weighted by molar-refractivity contribution is 8.00. The SMILES string of the molecule is CCOC(=O)c1ccc(NC(=O)CCN2C(=O)C3C4CC(C3C2=O)C2C(c3ccc(C(C)(C)C)cc3)c3sc(=O)[nH]c3SC42)cc1. The van der Waals surface area contributed by atoms with Crippen molar-refractivity contribution in [3.63, 3.8) is 0 Å². The second-order valence-electron chi connectivity index (χ2n) is 13.8. The van der Waals surface area contributed by atoms with Crippen LogP contribution in [0.15, 0.2) is 58.4 Å². The molecule has 0 radical (unpaired) electrons. The fourth-order valence-electron chi connectivity index (χ4n) is 8.20. The average Bonchev–Trinajstić information content (AvgIpc) is 3.75. The molecule has 3 heterocycles. The summed E-state index contributed by atoms with van der Waals surface area (Å²) in [5.41, 5.74) is 3.29. The van der Waals surface area contributed by atoms with Crippen molar-refractivity contribution in [2.24, 2.45) is 29.6 Å². The van der Waals surface area contributed by atoms with E-state index in [2.05, 4.69) is 55.3 Å². The predicted molar refractivity (Wildman–Crippen MR) is 176 cm³/mol. The fraction of sp³-hybridized carbons (Fsp3) is 0.457. The number of nitrogens with zero attached hydrogens (tertiary/aromatic N) is 1. The Kier molecular flexibility index (Phi) is 7.75. The maximum Gasteiger partial charge on any atom is 0.338 e. The molecule has 7 rings (SSSR count). The van der Waals surface area contributed by atoms with Gasteiger partial charge in [0.1, 0.15) is 0 Å². The first-order chi connectivity index (χ1) is 22.0. The zero-order valence-corrected chi connectivity index (χ0v) is 27.8. The van der Waals surface area contributed by atoms with Crippen molar-refractivity contribution in [1.82, 2.24) is 9.88 Å². The lowest BCUT2D eigenvalue weighted by Gasteiger charge is -2.43. The average molecular weight is 660 g/mol. The molecule has 3 amide bonds. The summed E-state index contributed by atoms with van der Waals surface area (Å²) < 4.78 is 5.00. The van der Waals surface area contributed by atoms with E-state index in [-0.39, 0.29) is 82.4 Å². The number of rotatable bonds is 7. The third kappa shape index (κ3) is 5.12. The number of benzene rings is 2. The molecule has 3 aromatic rings. The highest BCUT2D eigenvalue weighted by Gasteiger charge is 2.69. The number of thioether (sulfide) groups is 1. The van der Waals surface area contributed by atoms with Crippen molar-refractivity contribution < 1.29 is 23.9 Å². The van der Waals surface area contributed by atoms with Crippen LogP contribution in [0.5, 0.6) is 0 Å². The molecule has 7 atom stereocenters. The van der Waals surface area contributed by atoms with Crippen molar-refractivity contribution in [3.8, 4) is 0 Å². The van der Waals surface area contributed by atoms with Gasteiger partial charge < -0.3 is 15.0 Å². The van der Waals surface area contributed by atoms with E-state index in [0.717, 1.165) is 21.9 Å². The third-order valence-corrected chi connectivity index (χ3v) is 12.8. The second-order valence-corrected chi connectivity index (χ2v) is 16.0. The standard InChI is InChI=1S/C35H37N3O6S2/c1-5-44-33(42)18-8-12-20(13-9-18)36-23(39)14-15-38-31(40)26-21-16-22(27(26)32(38)41)28-25(21)24(29-30(45-28)37-34(43)46-29)17-6-10-19(11-7-17)35(2,3)4/h6-13,21-22,24-28H,5,14-16H2,1-4H3,(H,36,39)(H,37,43). The Morgan fingerprint density at radius 3 is 2.30 bits per heavy atom. The van der Waals surface area contributed by atoms with Gasteiger partial charge in [0.15, 0.2) is 0 Å². The molecular formula is C35H37N3O6S2. The molecule has 11 heteroatoms. The lowest BCUT2D eigenvalue weighted by atomic mass is 9.68. The number of hydrogen-bond acceptors (Lipinski definition) is 8. The molecule has 2 N–H and O–H groups in total. The second kappa shape index (κ2) is 11.5. The summed E-state index contributed by atoms with van der Waals surface area (Å²) in [5, 5.41) is 3.81. The van der Waals surface area contributed by atoms with Gasteiger partial charge in [-0.2, -0.15) is 0 Å². The summed E-state index contributed by atoms with van der Waals surface area (Å²) in [6, 6.07) is 15.1. The maximum atomic E-state index is 13.9. The van der Waals surface area contributed by atoms with Crippen LogP contribution in [0.4, 0.5) is 5.69 Å². The molecular weight excluding hydrogens is 623 g/mol. The number of esters is 1. The van der Waals surface area contributed by atoms with Gasteiger partial charge in [0, 0.05) is 34.7 Å². The van der Waals surface area contributed by atoms with Crippen LogP contribution in [0.1, 0.15) is 72.8 Å². The molecule has 4 aliphatic rings.